The first-order valence-electron chi connectivity index (χ1n) is 6.58. The van der Waals surface area contributed by atoms with E-state index in [9.17, 15) is 4.39 Å². The highest BCUT2D eigenvalue weighted by molar-refractivity contribution is 6.58. The smallest absolute Gasteiger partial charge is 0.491 e. The quantitative estimate of drug-likeness (QED) is 0.689. The summed E-state index contributed by atoms with van der Waals surface area (Å²) in [5.74, 6) is 0.183. The number of methoxy groups -OCH3 is 1. The zero-order valence-electron chi connectivity index (χ0n) is 11.7. The minimum Gasteiger partial charge on any atom is -0.497 e. The molecule has 0 saturated carbocycles. The predicted molar refractivity (Wildman–Crippen MR) is 79.8 cm³/mol. The summed E-state index contributed by atoms with van der Waals surface area (Å²) in [7, 11) is -0.180. The van der Waals surface area contributed by atoms with E-state index in [-0.39, 0.29) is 5.46 Å². The molecule has 3 N–H and O–H groups in total. The maximum Gasteiger partial charge on any atom is 0.491 e. The number of ether oxygens (including phenoxy) is 1. The van der Waals surface area contributed by atoms with Gasteiger partial charge in [-0.3, -0.25) is 0 Å². The molecule has 0 heterocycles. The van der Waals surface area contributed by atoms with Gasteiger partial charge in [-0.15, -0.1) is 0 Å². The van der Waals surface area contributed by atoms with Crippen molar-refractivity contribution in [2.45, 2.75) is 13.1 Å². The highest BCUT2D eigenvalue weighted by atomic mass is 19.1. The standard InChI is InChI=1S/C15H17BFNO3/c1-21-13-5-2-11(3-6-13)9-18-10-12-4-7-15(17)14(8-12)16(19)20/h2-8,18-20H,9-10H2,1H3. The average Bonchev–Trinajstić information content (AvgIpc) is 2.49. The molecule has 0 spiro atoms. The molecule has 2 aromatic rings. The van der Waals surface area contributed by atoms with Crippen LogP contribution in [0.15, 0.2) is 42.5 Å². The van der Waals surface area contributed by atoms with Crippen LogP contribution in [-0.4, -0.2) is 24.3 Å². The lowest BCUT2D eigenvalue weighted by Gasteiger charge is -2.08. The van der Waals surface area contributed by atoms with Gasteiger partial charge in [0.25, 0.3) is 0 Å². The van der Waals surface area contributed by atoms with Crippen molar-refractivity contribution in [3.05, 3.63) is 59.4 Å². The Balaban J connectivity index is 1.92. The first-order valence-corrected chi connectivity index (χ1v) is 6.58. The van der Waals surface area contributed by atoms with Crippen LogP contribution >= 0.6 is 0 Å². The number of nitrogens with one attached hydrogen (secondary N) is 1. The normalized spacial score (nSPS) is 10.5. The molecule has 0 aliphatic rings. The van der Waals surface area contributed by atoms with E-state index in [1.807, 2.05) is 24.3 Å². The van der Waals surface area contributed by atoms with E-state index in [4.69, 9.17) is 14.8 Å². The SMILES string of the molecule is COc1ccc(CNCc2ccc(F)c(B(O)O)c2)cc1. The molecule has 6 heteroatoms. The van der Waals surface area contributed by atoms with Crippen LogP contribution in [0.5, 0.6) is 5.75 Å². The zero-order chi connectivity index (χ0) is 15.2. The Morgan fingerprint density at radius 2 is 1.67 bits per heavy atom. The molecule has 0 atom stereocenters. The molecular weight excluding hydrogens is 272 g/mol. The summed E-state index contributed by atoms with van der Waals surface area (Å²) in [5.41, 5.74) is 1.77. The summed E-state index contributed by atoms with van der Waals surface area (Å²) in [6.07, 6.45) is 0. The molecular formula is C15H17BFNO3. The van der Waals surface area contributed by atoms with Crippen LogP contribution < -0.4 is 15.5 Å². The molecule has 0 fully saturated rings. The summed E-state index contributed by atoms with van der Waals surface area (Å²) in [6.45, 7) is 1.16. The second-order valence-electron chi connectivity index (χ2n) is 4.68. The molecule has 0 saturated heterocycles. The van der Waals surface area contributed by atoms with Crippen molar-refractivity contribution in [3.8, 4) is 5.75 Å². The summed E-state index contributed by atoms with van der Waals surface area (Å²) < 4.78 is 18.4. The maximum atomic E-state index is 13.3. The molecule has 0 amide bonds. The van der Waals surface area contributed by atoms with E-state index in [1.54, 1.807) is 13.2 Å². The number of hydrogen-bond donors (Lipinski definition) is 3. The molecule has 0 aliphatic heterocycles. The van der Waals surface area contributed by atoms with Gasteiger partial charge in [-0.05, 0) is 29.3 Å². The molecule has 0 radical (unpaired) electrons. The van der Waals surface area contributed by atoms with Crippen molar-refractivity contribution in [3.63, 3.8) is 0 Å². The Hall–Kier alpha value is -1.89. The number of rotatable bonds is 6. The zero-order valence-corrected chi connectivity index (χ0v) is 11.7. The summed E-state index contributed by atoms with van der Waals surface area (Å²) in [6, 6.07) is 12.0. The molecule has 0 aromatic heterocycles. The second kappa shape index (κ2) is 7.22. The van der Waals surface area contributed by atoms with Crippen molar-refractivity contribution in [2.75, 3.05) is 7.11 Å². The van der Waals surface area contributed by atoms with Gasteiger partial charge < -0.3 is 20.1 Å². The van der Waals surface area contributed by atoms with E-state index in [0.717, 1.165) is 16.9 Å². The van der Waals surface area contributed by atoms with E-state index in [0.29, 0.717) is 13.1 Å². The van der Waals surface area contributed by atoms with Crippen LogP contribution in [0.25, 0.3) is 0 Å². The lowest BCUT2D eigenvalue weighted by Crippen LogP contribution is -2.33. The molecule has 4 nitrogen and oxygen atoms in total. The first-order chi connectivity index (χ1) is 10.1. The van der Waals surface area contributed by atoms with Gasteiger partial charge in [-0.25, -0.2) is 4.39 Å². The van der Waals surface area contributed by atoms with Crippen LogP contribution in [0.2, 0.25) is 0 Å². The molecule has 110 valence electrons. The Morgan fingerprint density at radius 1 is 1.05 bits per heavy atom. The summed E-state index contributed by atoms with van der Waals surface area (Å²) >= 11 is 0. The predicted octanol–water partition coefficient (Wildman–Crippen LogP) is 0.804. The van der Waals surface area contributed by atoms with E-state index < -0.39 is 12.9 Å². The lowest BCUT2D eigenvalue weighted by molar-refractivity contribution is 0.414. The van der Waals surface area contributed by atoms with Crippen molar-refractivity contribution >= 4 is 12.6 Å². The van der Waals surface area contributed by atoms with Crippen LogP contribution in [0.4, 0.5) is 4.39 Å². The first kappa shape index (κ1) is 15.5. The fraction of sp³-hybridized carbons (Fsp3) is 0.200. The summed E-state index contributed by atoms with van der Waals surface area (Å²) in [4.78, 5) is 0. The largest absolute Gasteiger partial charge is 0.497 e. The molecule has 0 unspecified atom stereocenters. The lowest BCUT2D eigenvalue weighted by atomic mass is 9.79. The van der Waals surface area contributed by atoms with E-state index >= 15 is 0 Å². The van der Waals surface area contributed by atoms with Gasteiger partial charge in [0.1, 0.15) is 11.6 Å². The third-order valence-electron chi connectivity index (χ3n) is 3.16. The minimum atomic E-state index is -1.80. The molecule has 21 heavy (non-hydrogen) atoms. The van der Waals surface area contributed by atoms with Gasteiger partial charge in [0.2, 0.25) is 0 Å². The van der Waals surface area contributed by atoms with Crippen molar-refractivity contribution in [2.24, 2.45) is 0 Å². The van der Waals surface area contributed by atoms with Gasteiger partial charge in [0.05, 0.1) is 7.11 Å². The third-order valence-corrected chi connectivity index (χ3v) is 3.16. The van der Waals surface area contributed by atoms with Crippen LogP contribution in [-0.2, 0) is 13.1 Å². The Kier molecular flexibility index (Phi) is 5.33. The van der Waals surface area contributed by atoms with Crippen molar-refractivity contribution in [1.82, 2.24) is 5.32 Å². The number of benzene rings is 2. The highest BCUT2D eigenvalue weighted by Crippen LogP contribution is 2.11. The van der Waals surface area contributed by atoms with Crippen LogP contribution in [0.1, 0.15) is 11.1 Å². The monoisotopic (exact) mass is 289 g/mol. The molecule has 2 rings (SSSR count). The van der Waals surface area contributed by atoms with Gasteiger partial charge >= 0.3 is 7.12 Å². The summed E-state index contributed by atoms with van der Waals surface area (Å²) in [5, 5.41) is 21.3. The topological polar surface area (TPSA) is 61.7 Å². The highest BCUT2D eigenvalue weighted by Gasteiger charge is 2.16. The molecule has 0 aliphatic carbocycles. The van der Waals surface area contributed by atoms with Gasteiger partial charge in [0, 0.05) is 18.6 Å². The second-order valence-corrected chi connectivity index (χ2v) is 4.68. The Labute approximate surface area is 123 Å². The van der Waals surface area contributed by atoms with Crippen LogP contribution in [0, 0.1) is 5.82 Å². The Bertz CT molecular complexity index is 590. The Morgan fingerprint density at radius 3 is 2.29 bits per heavy atom. The molecule has 0 bridgehead atoms. The van der Waals surface area contributed by atoms with Gasteiger partial charge in [0.15, 0.2) is 0 Å². The molecule has 2 aromatic carbocycles. The average molecular weight is 289 g/mol. The van der Waals surface area contributed by atoms with Gasteiger partial charge in [-0.2, -0.15) is 0 Å². The minimum absolute atomic E-state index is 0.112. The number of hydrogen-bond acceptors (Lipinski definition) is 4. The number of halogens is 1. The maximum absolute atomic E-state index is 13.3. The van der Waals surface area contributed by atoms with Crippen LogP contribution in [0.3, 0.4) is 0 Å². The van der Waals surface area contributed by atoms with E-state index in [1.165, 1.54) is 12.1 Å². The third kappa shape index (κ3) is 4.29. The fourth-order valence-electron chi connectivity index (χ4n) is 2.00. The van der Waals surface area contributed by atoms with E-state index in [2.05, 4.69) is 5.32 Å². The fourth-order valence-corrected chi connectivity index (χ4v) is 2.00. The van der Waals surface area contributed by atoms with Crippen molar-refractivity contribution in [1.29, 1.82) is 0 Å². The van der Waals surface area contributed by atoms with Gasteiger partial charge in [-0.1, -0.05) is 24.3 Å². The van der Waals surface area contributed by atoms with Crippen molar-refractivity contribution < 1.29 is 19.2 Å².